The van der Waals surface area contributed by atoms with Crippen molar-refractivity contribution in [2.45, 2.75) is 26.3 Å². The lowest BCUT2D eigenvalue weighted by Gasteiger charge is -2.14. The molecular formula is C28H32N4O6. The Morgan fingerprint density at radius 2 is 1.53 bits per heavy atom. The van der Waals surface area contributed by atoms with Gasteiger partial charge in [0.15, 0.2) is 5.52 Å². The van der Waals surface area contributed by atoms with Crippen LogP contribution in [0.25, 0.3) is 22.2 Å². The van der Waals surface area contributed by atoms with E-state index in [1.165, 1.54) is 0 Å². The lowest BCUT2D eigenvalue weighted by atomic mass is 9.98. The zero-order valence-corrected chi connectivity index (χ0v) is 22.0. The summed E-state index contributed by atoms with van der Waals surface area (Å²) in [6.07, 6.45) is 0. The molecule has 1 N–H and O–H groups in total. The first kappa shape index (κ1) is 27.0. The number of carboxylic acids is 1. The molecule has 0 atom stereocenters. The molecule has 0 bridgehead atoms. The number of aromatic carboxylic acids is 1. The maximum atomic E-state index is 11.7. The Bertz CT molecular complexity index is 1380. The molecule has 0 fully saturated rings. The number of aromatic nitrogens is 4. The average Bonchev–Trinajstić information content (AvgIpc) is 3.30. The summed E-state index contributed by atoms with van der Waals surface area (Å²) in [6, 6.07) is 14.8. The largest absolute Gasteiger partial charge is 0.478 e. The van der Waals surface area contributed by atoms with Crippen LogP contribution in [0, 0.1) is 0 Å². The highest BCUT2D eigenvalue weighted by Gasteiger charge is 2.23. The van der Waals surface area contributed by atoms with Crippen LogP contribution in [-0.4, -0.2) is 71.5 Å². The molecule has 2 aromatic carbocycles. The van der Waals surface area contributed by atoms with Crippen molar-refractivity contribution in [1.82, 2.24) is 19.7 Å². The lowest BCUT2D eigenvalue weighted by molar-refractivity contribution is 0.0697. The van der Waals surface area contributed by atoms with E-state index >= 15 is 0 Å². The molecule has 0 aliphatic heterocycles. The summed E-state index contributed by atoms with van der Waals surface area (Å²) in [4.78, 5) is 16.6. The molecular weight excluding hydrogens is 488 g/mol. The predicted molar refractivity (Wildman–Crippen MR) is 142 cm³/mol. The number of carbonyl (C=O) groups is 1. The standard InChI is InChI=1S/C28H32N4O6/c1-18(2)25-29-23-24(27(38-16-14-36-4)31-30-26(23)37-15-13-35-3)32(25)17-19-9-11-20(12-10-19)21-7-5-6-8-22(21)28(33)34/h5-12,18H,13-17H2,1-4H3,(H,33,34). The van der Waals surface area contributed by atoms with Crippen LogP contribution in [0.1, 0.15) is 41.5 Å². The fourth-order valence-electron chi connectivity index (χ4n) is 4.15. The van der Waals surface area contributed by atoms with Gasteiger partial charge in [0.25, 0.3) is 11.8 Å². The van der Waals surface area contributed by atoms with E-state index in [1.54, 1.807) is 26.4 Å². The molecule has 0 unspecified atom stereocenters. The van der Waals surface area contributed by atoms with Gasteiger partial charge in [0.2, 0.25) is 0 Å². The molecule has 2 aromatic heterocycles. The average molecular weight is 521 g/mol. The number of nitrogens with zero attached hydrogens (tertiary/aromatic N) is 4. The molecule has 2 heterocycles. The molecule has 0 radical (unpaired) electrons. The molecule has 4 rings (SSSR count). The summed E-state index contributed by atoms with van der Waals surface area (Å²) >= 11 is 0. The second kappa shape index (κ2) is 12.5. The van der Waals surface area contributed by atoms with Gasteiger partial charge in [0.05, 0.1) is 18.8 Å². The number of carboxylic acid groups (broad SMARTS) is 1. The summed E-state index contributed by atoms with van der Waals surface area (Å²) < 4.78 is 24.1. The number of benzene rings is 2. The first-order valence-corrected chi connectivity index (χ1v) is 12.4. The van der Waals surface area contributed by atoms with E-state index in [0.717, 1.165) is 17.0 Å². The zero-order chi connectivity index (χ0) is 27.1. The van der Waals surface area contributed by atoms with Crippen molar-refractivity contribution in [3.63, 3.8) is 0 Å². The van der Waals surface area contributed by atoms with Crippen molar-refractivity contribution in [3.8, 4) is 22.9 Å². The van der Waals surface area contributed by atoms with Gasteiger partial charge in [0, 0.05) is 26.7 Å². The monoisotopic (exact) mass is 520 g/mol. The third-order valence-electron chi connectivity index (χ3n) is 5.97. The molecule has 0 spiro atoms. The number of hydrogen-bond donors (Lipinski definition) is 1. The van der Waals surface area contributed by atoms with Gasteiger partial charge < -0.3 is 28.6 Å². The third-order valence-corrected chi connectivity index (χ3v) is 5.97. The van der Waals surface area contributed by atoms with E-state index in [4.69, 9.17) is 23.9 Å². The molecule has 0 amide bonds. The van der Waals surface area contributed by atoms with Crippen LogP contribution in [0.15, 0.2) is 48.5 Å². The van der Waals surface area contributed by atoms with E-state index in [0.29, 0.717) is 61.3 Å². The van der Waals surface area contributed by atoms with Crippen molar-refractivity contribution in [1.29, 1.82) is 0 Å². The van der Waals surface area contributed by atoms with Crippen LogP contribution in [0.4, 0.5) is 0 Å². The van der Waals surface area contributed by atoms with E-state index < -0.39 is 5.97 Å². The summed E-state index contributed by atoms with van der Waals surface area (Å²) in [5.74, 6) is 0.646. The van der Waals surface area contributed by atoms with Gasteiger partial charge in [-0.2, -0.15) is 0 Å². The van der Waals surface area contributed by atoms with E-state index in [-0.39, 0.29) is 11.5 Å². The second-order valence-electron chi connectivity index (χ2n) is 8.95. The molecule has 4 aromatic rings. The quantitative estimate of drug-likeness (QED) is 0.256. The van der Waals surface area contributed by atoms with Crippen molar-refractivity contribution < 1.29 is 28.8 Å². The van der Waals surface area contributed by atoms with Crippen LogP contribution in [0.5, 0.6) is 11.8 Å². The van der Waals surface area contributed by atoms with E-state index in [2.05, 4.69) is 28.6 Å². The maximum Gasteiger partial charge on any atom is 0.336 e. The Kier molecular flexibility index (Phi) is 8.88. The number of imidazole rings is 1. The van der Waals surface area contributed by atoms with Crippen molar-refractivity contribution in [3.05, 3.63) is 65.5 Å². The Hall–Kier alpha value is -4.02. The first-order chi connectivity index (χ1) is 18.4. The number of methoxy groups -OCH3 is 2. The minimum Gasteiger partial charge on any atom is -0.478 e. The second-order valence-corrected chi connectivity index (χ2v) is 8.95. The highest BCUT2D eigenvalue weighted by Crippen LogP contribution is 2.33. The summed E-state index contributed by atoms with van der Waals surface area (Å²) in [7, 11) is 3.21. The predicted octanol–water partition coefficient (Wildman–Crippen LogP) is 4.41. The molecule has 0 aliphatic rings. The van der Waals surface area contributed by atoms with Crippen molar-refractivity contribution in [2.75, 3.05) is 40.6 Å². The van der Waals surface area contributed by atoms with Gasteiger partial charge >= 0.3 is 5.97 Å². The van der Waals surface area contributed by atoms with Gasteiger partial charge in [-0.1, -0.05) is 56.3 Å². The number of fused-ring (bicyclic) bond motifs is 1. The molecule has 10 nitrogen and oxygen atoms in total. The minimum absolute atomic E-state index is 0.0998. The molecule has 0 saturated heterocycles. The molecule has 0 aliphatic carbocycles. The molecule has 0 saturated carbocycles. The van der Waals surface area contributed by atoms with Crippen molar-refractivity contribution in [2.24, 2.45) is 0 Å². The highest BCUT2D eigenvalue weighted by atomic mass is 16.5. The van der Waals surface area contributed by atoms with Crippen LogP contribution in [0.2, 0.25) is 0 Å². The van der Waals surface area contributed by atoms with Crippen LogP contribution in [-0.2, 0) is 16.0 Å². The van der Waals surface area contributed by atoms with Crippen LogP contribution < -0.4 is 9.47 Å². The molecule has 200 valence electrons. The van der Waals surface area contributed by atoms with Gasteiger partial charge in [-0.05, 0) is 22.8 Å². The minimum atomic E-state index is -0.957. The van der Waals surface area contributed by atoms with Gasteiger partial charge in [-0.3, -0.25) is 0 Å². The lowest BCUT2D eigenvalue weighted by Crippen LogP contribution is -2.11. The Labute approximate surface area is 221 Å². The van der Waals surface area contributed by atoms with Gasteiger partial charge in [-0.15, -0.1) is 10.2 Å². The Morgan fingerprint density at radius 3 is 2.16 bits per heavy atom. The fraction of sp³-hybridized carbons (Fsp3) is 0.357. The van der Waals surface area contributed by atoms with E-state index in [9.17, 15) is 9.90 Å². The normalized spacial score (nSPS) is 11.3. The first-order valence-electron chi connectivity index (χ1n) is 12.4. The highest BCUT2D eigenvalue weighted by molar-refractivity contribution is 5.96. The smallest absolute Gasteiger partial charge is 0.336 e. The molecule has 10 heteroatoms. The van der Waals surface area contributed by atoms with Crippen molar-refractivity contribution >= 4 is 17.0 Å². The SMILES string of the molecule is COCCOc1nnc(OCCOC)c2c1nc(C(C)C)n2Cc1ccc(-c2ccccc2C(=O)O)cc1. The van der Waals surface area contributed by atoms with Gasteiger partial charge in [0.1, 0.15) is 24.6 Å². The number of ether oxygens (including phenoxy) is 4. The molecule has 38 heavy (non-hydrogen) atoms. The van der Waals surface area contributed by atoms with Gasteiger partial charge in [-0.25, -0.2) is 9.78 Å². The number of rotatable bonds is 13. The topological polar surface area (TPSA) is 118 Å². The Morgan fingerprint density at radius 1 is 0.895 bits per heavy atom. The third kappa shape index (κ3) is 5.92. The summed E-state index contributed by atoms with van der Waals surface area (Å²) in [6.45, 7) is 6.07. The van der Waals surface area contributed by atoms with Crippen LogP contribution >= 0.6 is 0 Å². The maximum absolute atomic E-state index is 11.7. The fourth-order valence-corrected chi connectivity index (χ4v) is 4.15. The zero-order valence-electron chi connectivity index (χ0n) is 22.0. The number of hydrogen-bond acceptors (Lipinski definition) is 8. The summed E-state index contributed by atoms with van der Waals surface area (Å²) in [5.41, 5.74) is 4.02. The van der Waals surface area contributed by atoms with E-state index in [1.807, 2.05) is 36.4 Å². The Balaban J connectivity index is 1.75. The summed E-state index contributed by atoms with van der Waals surface area (Å²) in [5, 5.41) is 18.1. The van der Waals surface area contributed by atoms with Crippen LogP contribution in [0.3, 0.4) is 0 Å².